The van der Waals surface area contributed by atoms with Crippen LogP contribution in [0, 0.1) is 0 Å². The second kappa shape index (κ2) is 6.71. The van der Waals surface area contributed by atoms with Gasteiger partial charge in [0.25, 0.3) is 5.91 Å². The van der Waals surface area contributed by atoms with Gasteiger partial charge in [0, 0.05) is 31.2 Å². The zero-order valence-electron chi connectivity index (χ0n) is 11.9. The number of carbonyl (C=O) groups excluding carboxylic acids is 1. The fraction of sp³-hybridized carbons (Fsp3) is 0.500. The van der Waals surface area contributed by atoms with Gasteiger partial charge in [-0.05, 0) is 25.1 Å². The number of piperazine rings is 1. The number of hydrogen-bond donors (Lipinski definition) is 1. The number of amides is 1. The van der Waals surface area contributed by atoms with Crippen molar-refractivity contribution >= 4 is 5.91 Å². The lowest BCUT2D eigenvalue weighted by Crippen LogP contribution is -2.52. The Hall–Kier alpha value is -1.89. The minimum absolute atomic E-state index is 0.0489. The lowest BCUT2D eigenvalue weighted by Gasteiger charge is -2.34. The van der Waals surface area contributed by atoms with Crippen molar-refractivity contribution in [3.05, 3.63) is 23.8 Å². The summed E-state index contributed by atoms with van der Waals surface area (Å²) in [4.78, 5) is 14.2. The maximum atomic E-state index is 12.5. The van der Waals surface area contributed by atoms with Crippen molar-refractivity contribution in [2.24, 2.45) is 0 Å². The van der Waals surface area contributed by atoms with E-state index in [0.29, 0.717) is 25.2 Å². The van der Waals surface area contributed by atoms with Crippen molar-refractivity contribution in [2.45, 2.75) is 19.6 Å². The molecule has 0 radical (unpaired) electrons. The summed E-state index contributed by atoms with van der Waals surface area (Å²) in [6.45, 7) is 0.971. The van der Waals surface area contributed by atoms with Crippen LogP contribution < -0.4 is 14.8 Å². The lowest BCUT2D eigenvalue weighted by atomic mass is 10.1. The van der Waals surface area contributed by atoms with E-state index in [2.05, 4.69) is 10.1 Å². The molecule has 1 amide bonds. The number of rotatable bonds is 4. The van der Waals surface area contributed by atoms with Crippen LogP contribution in [0.15, 0.2) is 18.2 Å². The highest BCUT2D eigenvalue weighted by Gasteiger charge is 2.25. The number of nitrogens with one attached hydrogen (secondary N) is 1. The number of nitrogens with zero attached hydrogens (tertiary/aromatic N) is 1. The van der Waals surface area contributed by atoms with Gasteiger partial charge in [0.1, 0.15) is 0 Å². The summed E-state index contributed by atoms with van der Waals surface area (Å²) in [6, 6.07) is 4.35. The molecule has 1 unspecified atom stereocenters. The maximum absolute atomic E-state index is 12.5. The summed E-state index contributed by atoms with van der Waals surface area (Å²) in [7, 11) is 1.35. The molecule has 21 heavy (non-hydrogen) atoms. The molecule has 1 fully saturated rings. The number of carbonyl (C=O) groups is 1. The predicted octanol–water partition coefficient (Wildman–Crippen LogP) is 1.73. The molecule has 1 saturated heterocycles. The van der Waals surface area contributed by atoms with Gasteiger partial charge in [-0.1, -0.05) is 0 Å². The molecule has 2 rings (SSSR count). The zero-order chi connectivity index (χ0) is 15.4. The summed E-state index contributed by atoms with van der Waals surface area (Å²) in [6.07, 6.45) is 0. The summed E-state index contributed by atoms with van der Waals surface area (Å²) >= 11 is 0. The monoisotopic (exact) mass is 300 g/mol. The van der Waals surface area contributed by atoms with E-state index in [9.17, 15) is 13.6 Å². The van der Waals surface area contributed by atoms with Gasteiger partial charge in [0.2, 0.25) is 0 Å². The molecular weight excluding hydrogens is 282 g/mol. The Labute approximate surface area is 121 Å². The standard InChI is InChI=1S/C14H18F2N2O3/c1-9-8-17-5-6-18(9)13(19)10-3-4-11(20-2)12(7-10)21-14(15)16/h3-4,7,9,14,17H,5-6,8H2,1-2H3. The minimum atomic E-state index is -2.97. The first-order chi connectivity index (χ1) is 10.0. The quantitative estimate of drug-likeness (QED) is 0.920. The van der Waals surface area contributed by atoms with E-state index in [1.807, 2.05) is 6.92 Å². The van der Waals surface area contributed by atoms with Crippen molar-refractivity contribution < 1.29 is 23.0 Å². The SMILES string of the molecule is COc1ccc(C(=O)N2CCNCC2C)cc1OC(F)F. The van der Waals surface area contributed by atoms with E-state index in [0.717, 1.165) is 0 Å². The maximum Gasteiger partial charge on any atom is 0.387 e. The molecule has 1 aromatic carbocycles. The van der Waals surface area contributed by atoms with E-state index in [1.165, 1.54) is 19.2 Å². The van der Waals surface area contributed by atoms with E-state index < -0.39 is 6.61 Å². The number of halogens is 2. The highest BCUT2D eigenvalue weighted by Crippen LogP contribution is 2.30. The molecule has 0 aliphatic carbocycles. The average molecular weight is 300 g/mol. The number of hydrogen-bond acceptors (Lipinski definition) is 4. The Morgan fingerprint density at radius 1 is 1.43 bits per heavy atom. The lowest BCUT2D eigenvalue weighted by molar-refractivity contribution is -0.0512. The zero-order valence-corrected chi connectivity index (χ0v) is 11.9. The van der Waals surface area contributed by atoms with E-state index in [1.54, 1.807) is 11.0 Å². The van der Waals surface area contributed by atoms with Crippen LogP contribution in [0.4, 0.5) is 8.78 Å². The van der Waals surface area contributed by atoms with E-state index in [4.69, 9.17) is 4.74 Å². The molecule has 1 N–H and O–H groups in total. The second-order valence-corrected chi connectivity index (χ2v) is 4.80. The summed E-state index contributed by atoms with van der Waals surface area (Å²) in [5.41, 5.74) is 0.306. The number of alkyl halides is 2. The third-order valence-corrected chi connectivity index (χ3v) is 3.39. The topological polar surface area (TPSA) is 50.8 Å². The van der Waals surface area contributed by atoms with Crippen molar-refractivity contribution in [1.29, 1.82) is 0 Å². The molecule has 1 aliphatic heterocycles. The van der Waals surface area contributed by atoms with Crippen molar-refractivity contribution in [3.8, 4) is 11.5 Å². The van der Waals surface area contributed by atoms with Crippen LogP contribution in [-0.4, -0.2) is 50.2 Å². The van der Waals surface area contributed by atoms with Crippen LogP contribution >= 0.6 is 0 Å². The third kappa shape index (κ3) is 3.60. The third-order valence-electron chi connectivity index (χ3n) is 3.39. The summed E-state index contributed by atoms with van der Waals surface area (Å²) in [5.74, 6) is -0.174. The largest absolute Gasteiger partial charge is 0.493 e. The molecule has 0 saturated carbocycles. The fourth-order valence-corrected chi connectivity index (χ4v) is 2.31. The van der Waals surface area contributed by atoms with Gasteiger partial charge in [-0.25, -0.2) is 0 Å². The first-order valence-corrected chi connectivity index (χ1v) is 6.67. The molecule has 7 heteroatoms. The Morgan fingerprint density at radius 3 is 2.81 bits per heavy atom. The molecule has 1 aliphatic rings. The molecule has 0 spiro atoms. The van der Waals surface area contributed by atoms with Crippen LogP contribution in [0.3, 0.4) is 0 Å². The number of ether oxygens (including phenoxy) is 2. The first-order valence-electron chi connectivity index (χ1n) is 6.67. The molecule has 0 bridgehead atoms. The molecule has 5 nitrogen and oxygen atoms in total. The smallest absolute Gasteiger partial charge is 0.387 e. The molecule has 116 valence electrons. The Morgan fingerprint density at radius 2 is 2.19 bits per heavy atom. The summed E-state index contributed by atoms with van der Waals surface area (Å²) in [5, 5.41) is 3.19. The predicted molar refractivity (Wildman–Crippen MR) is 73.0 cm³/mol. The van der Waals surface area contributed by atoms with Gasteiger partial charge in [0.15, 0.2) is 11.5 Å². The normalized spacial score (nSPS) is 18.7. The Balaban J connectivity index is 2.24. The molecule has 1 aromatic rings. The van der Waals surface area contributed by atoms with Crippen molar-refractivity contribution in [3.63, 3.8) is 0 Å². The number of benzene rings is 1. The van der Waals surface area contributed by atoms with Gasteiger partial charge in [-0.15, -0.1) is 0 Å². The highest BCUT2D eigenvalue weighted by atomic mass is 19.3. The van der Waals surface area contributed by atoms with Gasteiger partial charge in [0.05, 0.1) is 7.11 Å². The van der Waals surface area contributed by atoms with Gasteiger partial charge >= 0.3 is 6.61 Å². The Bertz CT molecular complexity index is 511. The highest BCUT2D eigenvalue weighted by molar-refractivity contribution is 5.95. The first kappa shape index (κ1) is 15.5. The van der Waals surface area contributed by atoms with Gasteiger partial charge in [-0.3, -0.25) is 4.79 Å². The van der Waals surface area contributed by atoms with Crippen LogP contribution in [-0.2, 0) is 0 Å². The van der Waals surface area contributed by atoms with E-state index >= 15 is 0 Å². The van der Waals surface area contributed by atoms with Gasteiger partial charge < -0.3 is 19.7 Å². The molecular formula is C14H18F2N2O3. The minimum Gasteiger partial charge on any atom is -0.493 e. The number of methoxy groups -OCH3 is 1. The van der Waals surface area contributed by atoms with Gasteiger partial charge in [-0.2, -0.15) is 8.78 Å². The Kier molecular flexibility index (Phi) is 4.95. The average Bonchev–Trinajstić information content (AvgIpc) is 2.46. The van der Waals surface area contributed by atoms with E-state index in [-0.39, 0.29) is 23.4 Å². The molecule has 1 atom stereocenters. The fourth-order valence-electron chi connectivity index (χ4n) is 2.31. The van der Waals surface area contributed by atoms with Crippen LogP contribution in [0.1, 0.15) is 17.3 Å². The van der Waals surface area contributed by atoms with Crippen LogP contribution in [0.2, 0.25) is 0 Å². The van der Waals surface area contributed by atoms with Crippen LogP contribution in [0.25, 0.3) is 0 Å². The van der Waals surface area contributed by atoms with Crippen molar-refractivity contribution in [1.82, 2.24) is 10.2 Å². The second-order valence-electron chi connectivity index (χ2n) is 4.80. The molecule has 1 heterocycles. The molecule has 0 aromatic heterocycles. The summed E-state index contributed by atoms with van der Waals surface area (Å²) < 4.78 is 34.2. The van der Waals surface area contributed by atoms with Crippen molar-refractivity contribution in [2.75, 3.05) is 26.7 Å². The van der Waals surface area contributed by atoms with Crippen LogP contribution in [0.5, 0.6) is 11.5 Å².